The van der Waals surface area contributed by atoms with Crippen LogP contribution < -0.4 is 4.57 Å². The number of fused-ring (bicyclic) bond motifs is 3. The fourth-order valence-electron chi connectivity index (χ4n) is 3.05. The number of rotatable bonds is 4. The molecule has 2 heterocycles. The van der Waals surface area contributed by atoms with Crippen molar-refractivity contribution in [3.8, 4) is 0 Å². The Labute approximate surface area is 148 Å². The number of carbonyl (C=O) groups is 1. The topological polar surface area (TPSA) is 77.0 Å². The van der Waals surface area contributed by atoms with Gasteiger partial charge in [-0.2, -0.15) is 4.57 Å². The SMILES string of the molecule is O=C(C[n+]1cccc2c3ncccc3ccc21)c1ccc([N+](=O)[O-])cc1. The summed E-state index contributed by atoms with van der Waals surface area (Å²) in [4.78, 5) is 27.3. The van der Waals surface area contributed by atoms with E-state index in [4.69, 9.17) is 0 Å². The molecule has 6 nitrogen and oxygen atoms in total. The Bertz CT molecular complexity index is 1150. The standard InChI is InChI=1S/C20H14N3O3/c24-19(14-5-8-16(9-6-14)23(25)26)13-22-12-2-4-17-18(22)10-7-15-3-1-11-21-20(15)17/h1-12H,13H2/q+1. The van der Waals surface area contributed by atoms with E-state index >= 15 is 0 Å². The molecule has 6 heteroatoms. The molecule has 0 aliphatic heterocycles. The second kappa shape index (κ2) is 6.33. The number of pyridine rings is 2. The van der Waals surface area contributed by atoms with E-state index in [1.54, 1.807) is 6.20 Å². The maximum absolute atomic E-state index is 12.6. The summed E-state index contributed by atoms with van der Waals surface area (Å²) in [6.45, 7) is 0.146. The Morgan fingerprint density at radius 1 is 1.04 bits per heavy atom. The summed E-state index contributed by atoms with van der Waals surface area (Å²) in [7, 11) is 0. The molecule has 0 aliphatic carbocycles. The third kappa shape index (κ3) is 2.77. The van der Waals surface area contributed by atoms with Crippen molar-refractivity contribution < 1.29 is 14.3 Å². The molecule has 2 aromatic carbocycles. The van der Waals surface area contributed by atoms with Crippen LogP contribution in [0.4, 0.5) is 5.69 Å². The molecule has 0 bridgehead atoms. The van der Waals surface area contributed by atoms with Crippen LogP contribution in [-0.2, 0) is 6.54 Å². The lowest BCUT2D eigenvalue weighted by Crippen LogP contribution is -2.38. The zero-order valence-electron chi connectivity index (χ0n) is 13.7. The number of Topliss-reactive ketones (excluding diaryl/α,β-unsaturated/α-hetero) is 1. The summed E-state index contributed by atoms with van der Waals surface area (Å²) in [5.74, 6) is -0.112. The molecule has 0 saturated heterocycles. The molecule has 0 aliphatic rings. The highest BCUT2D eigenvalue weighted by atomic mass is 16.6. The maximum Gasteiger partial charge on any atom is 0.269 e. The average Bonchev–Trinajstić information content (AvgIpc) is 2.68. The van der Waals surface area contributed by atoms with Crippen molar-refractivity contribution in [2.45, 2.75) is 6.54 Å². The van der Waals surface area contributed by atoms with Crippen LogP contribution in [0.25, 0.3) is 21.8 Å². The molecular formula is C20H14N3O3+. The predicted octanol–water partition coefficient (Wildman–Crippen LogP) is 3.47. The van der Waals surface area contributed by atoms with Gasteiger partial charge in [0.2, 0.25) is 17.8 Å². The molecule has 4 aromatic rings. The first-order valence-electron chi connectivity index (χ1n) is 8.07. The fourth-order valence-corrected chi connectivity index (χ4v) is 3.05. The van der Waals surface area contributed by atoms with E-state index in [2.05, 4.69) is 4.98 Å². The number of nitro benzene ring substituents is 1. The molecule has 0 fully saturated rings. The van der Waals surface area contributed by atoms with Crippen LogP contribution in [0.1, 0.15) is 10.4 Å². The van der Waals surface area contributed by atoms with Gasteiger partial charge >= 0.3 is 0 Å². The highest BCUT2D eigenvalue weighted by Crippen LogP contribution is 2.21. The Kier molecular flexibility index (Phi) is 3.85. The third-order valence-electron chi connectivity index (χ3n) is 4.34. The van der Waals surface area contributed by atoms with Crippen LogP contribution in [0.3, 0.4) is 0 Å². The minimum Gasteiger partial charge on any atom is -0.287 e. The summed E-state index contributed by atoms with van der Waals surface area (Å²) in [6.07, 6.45) is 3.60. The van der Waals surface area contributed by atoms with E-state index in [9.17, 15) is 14.9 Å². The summed E-state index contributed by atoms with van der Waals surface area (Å²) in [5.41, 5.74) is 2.21. The molecule has 0 spiro atoms. The van der Waals surface area contributed by atoms with Gasteiger partial charge in [-0.15, -0.1) is 0 Å². The fraction of sp³-hybridized carbons (Fsp3) is 0.0500. The minimum atomic E-state index is -0.480. The molecule has 126 valence electrons. The Hall–Kier alpha value is -3.67. The van der Waals surface area contributed by atoms with Gasteiger partial charge in [-0.1, -0.05) is 6.07 Å². The normalized spacial score (nSPS) is 10.9. The zero-order chi connectivity index (χ0) is 18.1. The van der Waals surface area contributed by atoms with Gasteiger partial charge in [0.25, 0.3) is 5.69 Å². The van der Waals surface area contributed by atoms with Gasteiger partial charge in [-0.3, -0.25) is 19.9 Å². The number of nitrogens with zero attached hydrogens (tertiary/aromatic N) is 3. The molecule has 26 heavy (non-hydrogen) atoms. The van der Waals surface area contributed by atoms with Gasteiger partial charge in [-0.05, 0) is 30.3 Å². The van der Waals surface area contributed by atoms with Crippen LogP contribution in [-0.4, -0.2) is 15.7 Å². The predicted molar refractivity (Wildman–Crippen MR) is 96.9 cm³/mol. The smallest absolute Gasteiger partial charge is 0.269 e. The average molecular weight is 344 g/mol. The second-order valence-corrected chi connectivity index (χ2v) is 5.94. The Morgan fingerprint density at radius 3 is 2.62 bits per heavy atom. The second-order valence-electron chi connectivity index (χ2n) is 5.94. The molecule has 0 amide bonds. The van der Waals surface area contributed by atoms with E-state index in [0.717, 1.165) is 21.8 Å². The van der Waals surface area contributed by atoms with Gasteiger partial charge in [0.05, 0.1) is 15.8 Å². The van der Waals surface area contributed by atoms with Crippen molar-refractivity contribution in [2.24, 2.45) is 0 Å². The lowest BCUT2D eigenvalue weighted by atomic mass is 10.1. The number of aromatic nitrogens is 2. The molecule has 0 N–H and O–H groups in total. The number of carbonyl (C=O) groups excluding carboxylic acids is 1. The van der Waals surface area contributed by atoms with E-state index in [0.29, 0.717) is 5.56 Å². The maximum atomic E-state index is 12.6. The van der Waals surface area contributed by atoms with Crippen LogP contribution in [0, 0.1) is 10.1 Å². The van der Waals surface area contributed by atoms with E-state index in [-0.39, 0.29) is 18.0 Å². The minimum absolute atomic E-state index is 0.0306. The summed E-state index contributed by atoms with van der Waals surface area (Å²) in [6, 6.07) is 17.4. The largest absolute Gasteiger partial charge is 0.287 e. The molecular weight excluding hydrogens is 330 g/mol. The van der Waals surface area contributed by atoms with Crippen LogP contribution in [0.15, 0.2) is 73.1 Å². The number of ketones is 1. The highest BCUT2D eigenvalue weighted by molar-refractivity contribution is 6.02. The van der Waals surface area contributed by atoms with Gasteiger partial charge in [0.1, 0.15) is 0 Å². The Balaban J connectivity index is 1.71. The molecule has 0 radical (unpaired) electrons. The highest BCUT2D eigenvalue weighted by Gasteiger charge is 2.17. The monoisotopic (exact) mass is 344 g/mol. The van der Waals surface area contributed by atoms with Gasteiger partial charge in [-0.25, -0.2) is 0 Å². The Morgan fingerprint density at radius 2 is 1.85 bits per heavy atom. The van der Waals surface area contributed by atoms with Crippen molar-refractivity contribution in [1.82, 2.24) is 4.98 Å². The van der Waals surface area contributed by atoms with Crippen LogP contribution in [0.5, 0.6) is 0 Å². The number of hydrogen-bond acceptors (Lipinski definition) is 4. The third-order valence-corrected chi connectivity index (χ3v) is 4.34. The summed E-state index contributed by atoms with van der Waals surface area (Å²) < 4.78 is 1.87. The quantitative estimate of drug-likeness (QED) is 0.187. The van der Waals surface area contributed by atoms with Crippen molar-refractivity contribution in [1.29, 1.82) is 0 Å². The summed E-state index contributed by atoms with van der Waals surface area (Å²) >= 11 is 0. The number of non-ortho nitro benzene ring substituents is 1. The number of nitro groups is 1. The van der Waals surface area contributed by atoms with Crippen molar-refractivity contribution in [3.63, 3.8) is 0 Å². The van der Waals surface area contributed by atoms with Crippen LogP contribution >= 0.6 is 0 Å². The molecule has 2 aromatic heterocycles. The van der Waals surface area contributed by atoms with E-state index in [1.165, 1.54) is 24.3 Å². The van der Waals surface area contributed by atoms with Crippen molar-refractivity contribution in [3.05, 3.63) is 88.7 Å². The molecule has 0 atom stereocenters. The first-order chi connectivity index (χ1) is 12.6. The van der Waals surface area contributed by atoms with Gasteiger partial charge in [0, 0.05) is 41.4 Å². The van der Waals surface area contributed by atoms with Crippen molar-refractivity contribution >= 4 is 33.3 Å². The van der Waals surface area contributed by atoms with E-state index < -0.39 is 4.92 Å². The van der Waals surface area contributed by atoms with Gasteiger partial charge < -0.3 is 0 Å². The summed E-state index contributed by atoms with van der Waals surface area (Å²) in [5, 5.41) is 12.8. The van der Waals surface area contributed by atoms with E-state index in [1.807, 2.05) is 47.2 Å². The lowest BCUT2D eigenvalue weighted by molar-refractivity contribution is -0.657. The molecule has 4 rings (SSSR count). The molecule has 0 unspecified atom stereocenters. The molecule has 0 saturated carbocycles. The first kappa shape index (κ1) is 15.8. The van der Waals surface area contributed by atoms with Crippen LogP contribution in [0.2, 0.25) is 0 Å². The van der Waals surface area contributed by atoms with Gasteiger partial charge in [0.15, 0.2) is 6.20 Å². The zero-order valence-corrected chi connectivity index (χ0v) is 13.7. The van der Waals surface area contributed by atoms with Crippen molar-refractivity contribution in [2.75, 3.05) is 0 Å². The number of benzene rings is 2. The first-order valence-corrected chi connectivity index (χ1v) is 8.07. The lowest BCUT2D eigenvalue weighted by Gasteiger charge is -2.04. The number of hydrogen-bond donors (Lipinski definition) is 0.